The van der Waals surface area contributed by atoms with E-state index >= 15 is 0 Å². The van der Waals surface area contributed by atoms with Gasteiger partial charge in [0.15, 0.2) is 0 Å². The molecule has 1 aromatic heterocycles. The molecule has 11 heteroatoms. The number of benzene rings is 2. The Balaban J connectivity index is 1.64. The van der Waals surface area contributed by atoms with Crippen molar-refractivity contribution in [3.63, 3.8) is 0 Å². The number of anilines is 1. The molecule has 0 radical (unpaired) electrons. The van der Waals surface area contributed by atoms with Crippen LogP contribution in [0.15, 0.2) is 65.8 Å². The number of nitrogens with zero attached hydrogens (tertiary/aromatic N) is 4. The molecule has 0 saturated heterocycles. The molecular formula is C21H26N6O4S. The molecule has 3 rings (SSSR count). The van der Waals surface area contributed by atoms with Crippen molar-refractivity contribution < 1.29 is 13.3 Å². The van der Waals surface area contributed by atoms with Crippen molar-refractivity contribution in [3.8, 4) is 5.69 Å². The third kappa shape index (κ3) is 6.13. The lowest BCUT2D eigenvalue weighted by atomic mass is 10.1. The van der Waals surface area contributed by atoms with Gasteiger partial charge < -0.3 is 10.2 Å². The number of sulfonamides is 1. The van der Waals surface area contributed by atoms with Gasteiger partial charge in [0.1, 0.15) is 5.69 Å². The van der Waals surface area contributed by atoms with Crippen LogP contribution in [0.1, 0.15) is 5.56 Å². The molecule has 0 aliphatic carbocycles. The highest BCUT2D eigenvalue weighted by Gasteiger charge is 2.21. The Hall–Kier alpha value is -3.28. The maximum Gasteiger partial charge on any atom is 0.293 e. The molecule has 170 valence electrons. The van der Waals surface area contributed by atoms with Crippen molar-refractivity contribution >= 4 is 21.4 Å². The fourth-order valence-electron chi connectivity index (χ4n) is 3.04. The Morgan fingerprint density at radius 2 is 1.88 bits per heavy atom. The smallest absolute Gasteiger partial charge is 0.293 e. The highest BCUT2D eigenvalue weighted by molar-refractivity contribution is 7.89. The van der Waals surface area contributed by atoms with Crippen LogP contribution in [0, 0.1) is 10.1 Å². The Kier molecular flexibility index (Phi) is 7.57. The highest BCUT2D eigenvalue weighted by atomic mass is 32.2. The van der Waals surface area contributed by atoms with Crippen LogP contribution >= 0.6 is 0 Å². The van der Waals surface area contributed by atoms with E-state index in [-0.39, 0.29) is 22.8 Å². The third-order valence-corrected chi connectivity index (χ3v) is 6.22. The summed E-state index contributed by atoms with van der Waals surface area (Å²) in [6.45, 7) is 1.18. The lowest BCUT2D eigenvalue weighted by Gasteiger charge is -2.12. The van der Waals surface area contributed by atoms with Crippen molar-refractivity contribution in [3.05, 3.63) is 76.6 Å². The predicted molar refractivity (Wildman–Crippen MR) is 123 cm³/mol. The van der Waals surface area contributed by atoms with E-state index in [9.17, 15) is 18.5 Å². The zero-order valence-corrected chi connectivity index (χ0v) is 18.7. The molecule has 2 aromatic carbocycles. The number of nitro groups is 1. The van der Waals surface area contributed by atoms with Crippen LogP contribution in [-0.4, -0.2) is 61.8 Å². The summed E-state index contributed by atoms with van der Waals surface area (Å²) >= 11 is 0. The van der Waals surface area contributed by atoms with Gasteiger partial charge in [0, 0.05) is 38.1 Å². The average molecular weight is 459 g/mol. The molecule has 0 amide bonds. The van der Waals surface area contributed by atoms with E-state index in [1.54, 1.807) is 10.9 Å². The minimum absolute atomic E-state index is 0.136. The number of rotatable bonds is 11. The lowest BCUT2D eigenvalue weighted by molar-refractivity contribution is -0.384. The summed E-state index contributed by atoms with van der Waals surface area (Å²) in [5, 5.41) is 18.7. The average Bonchev–Trinajstić information content (AvgIpc) is 3.28. The lowest BCUT2D eigenvalue weighted by Crippen LogP contribution is -2.31. The molecule has 0 fully saturated rings. The van der Waals surface area contributed by atoms with Crippen molar-refractivity contribution in [1.82, 2.24) is 19.4 Å². The first-order valence-corrected chi connectivity index (χ1v) is 11.5. The van der Waals surface area contributed by atoms with Crippen LogP contribution in [0.5, 0.6) is 0 Å². The molecule has 0 bridgehead atoms. The number of aromatic nitrogens is 2. The second-order valence-electron chi connectivity index (χ2n) is 7.43. The van der Waals surface area contributed by atoms with Crippen LogP contribution in [0.4, 0.5) is 11.4 Å². The fourth-order valence-corrected chi connectivity index (χ4v) is 4.09. The van der Waals surface area contributed by atoms with Crippen molar-refractivity contribution in [1.29, 1.82) is 0 Å². The largest absolute Gasteiger partial charge is 0.379 e. The Morgan fingerprint density at radius 1 is 1.12 bits per heavy atom. The molecule has 2 N–H and O–H groups in total. The zero-order chi connectivity index (χ0) is 23.1. The first-order valence-electron chi connectivity index (χ1n) is 10.0. The third-order valence-electron chi connectivity index (χ3n) is 4.76. The number of hydrogen-bond acceptors (Lipinski definition) is 7. The normalized spacial score (nSPS) is 11.6. The summed E-state index contributed by atoms with van der Waals surface area (Å²) in [5.41, 5.74) is 1.99. The molecule has 0 saturated carbocycles. The molecule has 0 atom stereocenters. The number of nitrogens with one attached hydrogen (secondary N) is 2. The molecule has 3 aromatic rings. The summed E-state index contributed by atoms with van der Waals surface area (Å²) in [4.78, 5) is 12.6. The van der Waals surface area contributed by atoms with E-state index in [2.05, 4.69) is 15.1 Å². The predicted octanol–water partition coefficient (Wildman–Crippen LogP) is 2.27. The Bertz CT molecular complexity index is 1150. The number of likely N-dealkylation sites (N-methyl/N-ethyl adjacent to an activating group) is 1. The van der Waals surface area contributed by atoms with Gasteiger partial charge in [-0.3, -0.25) is 10.1 Å². The molecule has 1 heterocycles. The van der Waals surface area contributed by atoms with Crippen molar-refractivity contribution in [2.75, 3.05) is 39.0 Å². The summed E-state index contributed by atoms with van der Waals surface area (Å²) in [7, 11) is -0.177. The van der Waals surface area contributed by atoms with E-state index in [4.69, 9.17) is 0 Å². The summed E-state index contributed by atoms with van der Waals surface area (Å²) < 4.78 is 29.1. The van der Waals surface area contributed by atoms with Gasteiger partial charge in [-0.15, -0.1) is 0 Å². The minimum Gasteiger partial charge on any atom is -0.379 e. The van der Waals surface area contributed by atoms with Crippen LogP contribution in [0.3, 0.4) is 0 Å². The molecule has 0 aliphatic heterocycles. The maximum atomic E-state index is 12.4. The molecule has 10 nitrogen and oxygen atoms in total. The van der Waals surface area contributed by atoms with Crippen LogP contribution in [0.2, 0.25) is 0 Å². The van der Waals surface area contributed by atoms with Gasteiger partial charge in [0.25, 0.3) is 5.69 Å². The number of hydrogen-bond donors (Lipinski definition) is 2. The van der Waals surface area contributed by atoms with Crippen LogP contribution < -0.4 is 10.0 Å². The Labute approximate surface area is 187 Å². The standard InChI is InChI=1S/C21H26N6O4S/c1-25(2)15-13-24-32(30,31)19-8-9-20(21(16-19)27(28)29)22-12-10-17-4-6-18(7-5-17)26-14-3-11-23-26/h3-9,11,14,16,22,24H,10,12-13,15H2,1-2H3. The molecule has 32 heavy (non-hydrogen) atoms. The Morgan fingerprint density at radius 3 is 2.50 bits per heavy atom. The van der Waals surface area contributed by atoms with Crippen LogP contribution in [0.25, 0.3) is 5.69 Å². The summed E-state index contributed by atoms with van der Waals surface area (Å²) in [5.74, 6) is 0. The minimum atomic E-state index is -3.83. The first kappa shape index (κ1) is 23.4. The summed E-state index contributed by atoms with van der Waals surface area (Å²) in [6.07, 6.45) is 4.21. The van der Waals surface area contributed by atoms with E-state index in [0.717, 1.165) is 17.3 Å². The van der Waals surface area contributed by atoms with E-state index in [1.807, 2.05) is 55.5 Å². The van der Waals surface area contributed by atoms with Gasteiger partial charge in [0.2, 0.25) is 10.0 Å². The maximum absolute atomic E-state index is 12.4. The van der Waals surface area contributed by atoms with Gasteiger partial charge in [-0.05, 0) is 56.4 Å². The van der Waals surface area contributed by atoms with Gasteiger partial charge >= 0.3 is 0 Å². The number of nitro benzene ring substituents is 1. The molecule has 0 unspecified atom stereocenters. The molecule has 0 aliphatic rings. The molecule has 0 spiro atoms. The fraction of sp³-hybridized carbons (Fsp3) is 0.286. The SMILES string of the molecule is CN(C)CCNS(=O)(=O)c1ccc(NCCc2ccc(-n3cccn3)cc2)c([N+](=O)[O-])c1. The molecular weight excluding hydrogens is 432 g/mol. The summed E-state index contributed by atoms with van der Waals surface area (Å²) in [6, 6.07) is 13.6. The van der Waals surface area contributed by atoms with Gasteiger partial charge in [-0.2, -0.15) is 5.10 Å². The van der Waals surface area contributed by atoms with E-state index in [1.165, 1.54) is 12.1 Å². The van der Waals surface area contributed by atoms with E-state index < -0.39 is 14.9 Å². The van der Waals surface area contributed by atoms with Crippen molar-refractivity contribution in [2.45, 2.75) is 11.3 Å². The second-order valence-corrected chi connectivity index (χ2v) is 9.20. The van der Waals surface area contributed by atoms with Crippen LogP contribution in [-0.2, 0) is 16.4 Å². The highest BCUT2D eigenvalue weighted by Crippen LogP contribution is 2.27. The van der Waals surface area contributed by atoms with Gasteiger partial charge in [-0.25, -0.2) is 17.8 Å². The van der Waals surface area contributed by atoms with Gasteiger partial charge in [-0.1, -0.05) is 12.1 Å². The first-order chi connectivity index (χ1) is 15.3. The van der Waals surface area contributed by atoms with Gasteiger partial charge in [0.05, 0.1) is 15.5 Å². The van der Waals surface area contributed by atoms with E-state index in [0.29, 0.717) is 19.5 Å². The second kappa shape index (κ2) is 10.4. The monoisotopic (exact) mass is 458 g/mol. The topological polar surface area (TPSA) is 122 Å². The quantitative estimate of drug-likeness (QED) is 0.334. The zero-order valence-electron chi connectivity index (χ0n) is 17.9. The van der Waals surface area contributed by atoms with Crippen molar-refractivity contribution in [2.24, 2.45) is 0 Å².